The van der Waals surface area contributed by atoms with Crippen molar-refractivity contribution in [2.45, 2.75) is 56.8 Å². The number of aliphatic carboxylic acids is 1. The Kier molecular flexibility index (Phi) is 7.28. The molecule has 1 fully saturated rings. The summed E-state index contributed by atoms with van der Waals surface area (Å²) in [5.74, 6) is -1.42. The van der Waals surface area contributed by atoms with Crippen LogP contribution in [0.5, 0.6) is 0 Å². The van der Waals surface area contributed by atoms with Crippen molar-refractivity contribution in [3.05, 3.63) is 70.5 Å². The third-order valence-electron chi connectivity index (χ3n) is 7.15. The Bertz CT molecular complexity index is 931. The number of piperidine rings is 1. The van der Waals surface area contributed by atoms with E-state index in [-0.39, 0.29) is 18.1 Å². The van der Waals surface area contributed by atoms with Gasteiger partial charge in [0.15, 0.2) is 0 Å². The summed E-state index contributed by atoms with van der Waals surface area (Å²) >= 11 is 0. The molecule has 1 aliphatic carbocycles. The number of hydrogen-bond acceptors (Lipinski definition) is 4. The van der Waals surface area contributed by atoms with Crippen LogP contribution in [-0.4, -0.2) is 46.2 Å². The largest absolute Gasteiger partial charge is 0.481 e. The molecule has 1 heterocycles. The van der Waals surface area contributed by atoms with E-state index in [1.54, 1.807) is 6.07 Å². The first-order valence-electron chi connectivity index (χ1n) is 11.6. The molecule has 170 valence electrons. The highest BCUT2D eigenvalue weighted by Gasteiger charge is 2.38. The minimum Gasteiger partial charge on any atom is -0.481 e. The molecule has 32 heavy (non-hydrogen) atoms. The number of benzene rings is 2. The third kappa shape index (κ3) is 5.22. The summed E-state index contributed by atoms with van der Waals surface area (Å²) in [6.45, 7) is 2.28. The lowest BCUT2D eigenvalue weighted by Crippen LogP contribution is -2.32. The van der Waals surface area contributed by atoms with Crippen LogP contribution in [0.2, 0.25) is 6.32 Å². The second kappa shape index (κ2) is 10.2. The summed E-state index contributed by atoms with van der Waals surface area (Å²) in [5.41, 5.74) is 3.43. The first kappa shape index (κ1) is 23.0. The van der Waals surface area contributed by atoms with Crippen molar-refractivity contribution in [1.82, 2.24) is 4.90 Å². The quantitative estimate of drug-likeness (QED) is 0.546. The molecule has 1 saturated heterocycles. The second-order valence-corrected chi connectivity index (χ2v) is 9.30. The number of hydrogen-bond donors (Lipinski definition) is 3. The van der Waals surface area contributed by atoms with Crippen LogP contribution in [0.4, 0.5) is 4.39 Å². The van der Waals surface area contributed by atoms with E-state index in [9.17, 15) is 14.3 Å². The van der Waals surface area contributed by atoms with Crippen molar-refractivity contribution in [3.63, 3.8) is 0 Å². The van der Waals surface area contributed by atoms with Crippen molar-refractivity contribution in [2.24, 2.45) is 5.92 Å². The van der Waals surface area contributed by atoms with Crippen LogP contribution < -0.4 is 0 Å². The molecule has 2 atom stereocenters. The van der Waals surface area contributed by atoms with Crippen LogP contribution in [0.1, 0.15) is 59.8 Å². The standard InChI is InChI=1S/C25H31BFNO4/c27-23-15-20-13-19(7-4-10-26(31)32)24(25(29)30)22(20)14-21(23)16-28-11-8-18(9-12-28)17-5-2-1-3-6-17/h1-3,5-6,14-15,18-19,24,31-32H,4,7-13,16H2,(H,29,30)/t19-,24-/m0/s1. The zero-order valence-corrected chi connectivity index (χ0v) is 18.3. The minimum absolute atomic E-state index is 0.141. The van der Waals surface area contributed by atoms with E-state index >= 15 is 0 Å². The van der Waals surface area contributed by atoms with Gasteiger partial charge in [-0.2, -0.15) is 0 Å². The zero-order valence-electron chi connectivity index (χ0n) is 18.3. The first-order chi connectivity index (χ1) is 15.4. The van der Waals surface area contributed by atoms with Crippen LogP contribution in [-0.2, 0) is 17.8 Å². The molecule has 0 amide bonds. The molecule has 7 heteroatoms. The maximum absolute atomic E-state index is 14.9. The van der Waals surface area contributed by atoms with Gasteiger partial charge >= 0.3 is 13.1 Å². The molecular weight excluding hydrogens is 408 g/mol. The van der Waals surface area contributed by atoms with Gasteiger partial charge in [0.05, 0.1) is 5.92 Å². The van der Waals surface area contributed by atoms with Crippen molar-refractivity contribution < 1.29 is 24.3 Å². The lowest BCUT2D eigenvalue weighted by atomic mass is 9.80. The topological polar surface area (TPSA) is 81.0 Å². The van der Waals surface area contributed by atoms with Crippen LogP contribution in [0.15, 0.2) is 42.5 Å². The average molecular weight is 439 g/mol. The van der Waals surface area contributed by atoms with Gasteiger partial charge in [-0.3, -0.25) is 9.69 Å². The predicted molar refractivity (Wildman–Crippen MR) is 122 cm³/mol. The van der Waals surface area contributed by atoms with Crippen LogP contribution >= 0.6 is 0 Å². The van der Waals surface area contributed by atoms with Crippen molar-refractivity contribution >= 4 is 13.1 Å². The number of fused-ring (bicyclic) bond motifs is 1. The van der Waals surface area contributed by atoms with Gasteiger partial charge in [0.2, 0.25) is 0 Å². The molecule has 1 aliphatic heterocycles. The number of rotatable bonds is 8. The molecule has 4 rings (SSSR count). The van der Waals surface area contributed by atoms with Gasteiger partial charge in [0, 0.05) is 12.1 Å². The fraction of sp³-hybridized carbons (Fsp3) is 0.480. The molecule has 2 aromatic carbocycles. The summed E-state index contributed by atoms with van der Waals surface area (Å²) in [5, 5.41) is 28.0. The summed E-state index contributed by atoms with van der Waals surface area (Å²) < 4.78 is 14.9. The Morgan fingerprint density at radius 1 is 1.12 bits per heavy atom. The molecule has 0 spiro atoms. The SMILES string of the molecule is O=C(O)[C@@H]1c2cc(CN3CCC(c4ccccc4)CC3)c(F)cc2C[C@@H]1CCCB(O)O. The molecule has 0 unspecified atom stereocenters. The normalized spacial score (nSPS) is 21.5. The molecular formula is C25H31BFNO4. The molecule has 5 nitrogen and oxygen atoms in total. The summed E-state index contributed by atoms with van der Waals surface area (Å²) in [4.78, 5) is 14.3. The van der Waals surface area contributed by atoms with Gasteiger partial charge in [-0.05, 0) is 79.7 Å². The van der Waals surface area contributed by atoms with E-state index in [1.165, 1.54) is 11.6 Å². The minimum atomic E-state index is -1.38. The Morgan fingerprint density at radius 3 is 2.50 bits per heavy atom. The number of carboxylic acids is 1. The van der Waals surface area contributed by atoms with Gasteiger partial charge in [-0.25, -0.2) is 4.39 Å². The Morgan fingerprint density at radius 2 is 1.84 bits per heavy atom. The van der Waals surface area contributed by atoms with E-state index in [0.29, 0.717) is 37.3 Å². The van der Waals surface area contributed by atoms with E-state index in [2.05, 4.69) is 29.2 Å². The molecule has 0 radical (unpaired) electrons. The number of carbonyl (C=O) groups is 1. The fourth-order valence-electron chi connectivity index (χ4n) is 5.48. The molecule has 2 aliphatic rings. The molecule has 0 bridgehead atoms. The van der Waals surface area contributed by atoms with Gasteiger partial charge in [-0.1, -0.05) is 42.8 Å². The van der Waals surface area contributed by atoms with Gasteiger partial charge in [-0.15, -0.1) is 0 Å². The summed E-state index contributed by atoms with van der Waals surface area (Å²) in [6.07, 6.45) is 3.92. The van der Waals surface area contributed by atoms with E-state index in [4.69, 9.17) is 10.0 Å². The maximum Gasteiger partial charge on any atom is 0.451 e. The van der Waals surface area contributed by atoms with Gasteiger partial charge in [0.25, 0.3) is 0 Å². The monoisotopic (exact) mass is 439 g/mol. The number of likely N-dealkylation sites (tertiary alicyclic amines) is 1. The molecule has 2 aromatic rings. The van der Waals surface area contributed by atoms with Crippen LogP contribution in [0.3, 0.4) is 0 Å². The second-order valence-electron chi connectivity index (χ2n) is 9.30. The van der Waals surface area contributed by atoms with Gasteiger partial charge in [0.1, 0.15) is 5.82 Å². The molecule has 0 saturated carbocycles. The van der Waals surface area contributed by atoms with Crippen molar-refractivity contribution in [2.75, 3.05) is 13.1 Å². The Hall–Kier alpha value is -2.22. The number of carboxylic acid groups (broad SMARTS) is 1. The van der Waals surface area contributed by atoms with Crippen LogP contribution in [0.25, 0.3) is 0 Å². The third-order valence-corrected chi connectivity index (χ3v) is 7.15. The van der Waals surface area contributed by atoms with Crippen molar-refractivity contribution in [3.8, 4) is 0 Å². The van der Waals surface area contributed by atoms with Crippen LogP contribution in [0, 0.1) is 11.7 Å². The maximum atomic E-state index is 14.9. The Balaban J connectivity index is 1.42. The lowest BCUT2D eigenvalue weighted by Gasteiger charge is -2.32. The highest BCUT2D eigenvalue weighted by atomic mass is 19.1. The summed E-state index contributed by atoms with van der Waals surface area (Å²) in [7, 11) is -1.38. The Labute approximate surface area is 189 Å². The zero-order chi connectivity index (χ0) is 22.7. The van der Waals surface area contributed by atoms with Crippen molar-refractivity contribution in [1.29, 1.82) is 0 Å². The average Bonchev–Trinajstić information content (AvgIpc) is 3.12. The molecule has 3 N–H and O–H groups in total. The van der Waals surface area contributed by atoms with E-state index in [0.717, 1.165) is 37.1 Å². The highest BCUT2D eigenvalue weighted by molar-refractivity contribution is 6.40. The summed E-state index contributed by atoms with van der Waals surface area (Å²) in [6, 6.07) is 13.8. The highest BCUT2D eigenvalue weighted by Crippen LogP contribution is 2.42. The van der Waals surface area contributed by atoms with E-state index in [1.807, 2.05) is 6.07 Å². The first-order valence-corrected chi connectivity index (χ1v) is 11.6. The lowest BCUT2D eigenvalue weighted by molar-refractivity contribution is -0.139. The number of halogens is 1. The van der Waals surface area contributed by atoms with E-state index < -0.39 is 19.0 Å². The smallest absolute Gasteiger partial charge is 0.451 e. The number of nitrogens with zero attached hydrogens (tertiary/aromatic N) is 1. The molecule has 0 aromatic heterocycles. The van der Waals surface area contributed by atoms with Gasteiger partial charge < -0.3 is 15.2 Å². The fourth-order valence-corrected chi connectivity index (χ4v) is 5.48. The predicted octanol–water partition coefficient (Wildman–Crippen LogP) is 3.80.